The first-order chi connectivity index (χ1) is 9.31. The van der Waals surface area contributed by atoms with Crippen LogP contribution in [0.15, 0.2) is 0 Å². The van der Waals surface area contributed by atoms with Gasteiger partial charge >= 0.3 is 5.97 Å². The molecule has 0 aliphatic carbocycles. The number of aliphatic carboxylic acids is 1. The number of hydrogen-bond donors (Lipinski definition) is 2. The zero-order valence-electron chi connectivity index (χ0n) is 11.8. The SMILES string of the molecule is Cc1nn(C)c(C)c1CC(=O)N1C[C@H](O)C[C@H]1C(=O)O. The number of carbonyl (C=O) groups excluding carboxylic acids is 1. The molecule has 0 bridgehead atoms. The molecule has 7 nitrogen and oxygen atoms in total. The van der Waals surface area contributed by atoms with E-state index < -0.39 is 18.1 Å². The molecule has 1 aliphatic rings. The average Bonchev–Trinajstić information content (AvgIpc) is 2.85. The monoisotopic (exact) mass is 281 g/mol. The minimum Gasteiger partial charge on any atom is -0.480 e. The Morgan fingerprint density at radius 1 is 1.40 bits per heavy atom. The van der Waals surface area contributed by atoms with E-state index in [1.807, 2.05) is 13.8 Å². The Morgan fingerprint density at radius 2 is 2.05 bits per heavy atom. The van der Waals surface area contributed by atoms with Gasteiger partial charge in [0.1, 0.15) is 6.04 Å². The summed E-state index contributed by atoms with van der Waals surface area (Å²) in [6, 6.07) is -0.935. The maximum Gasteiger partial charge on any atom is 0.326 e. The first-order valence-electron chi connectivity index (χ1n) is 6.50. The summed E-state index contributed by atoms with van der Waals surface area (Å²) in [4.78, 5) is 24.7. The van der Waals surface area contributed by atoms with Gasteiger partial charge in [-0.2, -0.15) is 5.10 Å². The number of carboxylic acids is 1. The van der Waals surface area contributed by atoms with E-state index >= 15 is 0 Å². The zero-order chi connectivity index (χ0) is 15.0. The molecule has 0 saturated carbocycles. The molecule has 0 aromatic carbocycles. The van der Waals surface area contributed by atoms with Crippen LogP contribution in [0.2, 0.25) is 0 Å². The van der Waals surface area contributed by atoms with E-state index in [9.17, 15) is 14.7 Å². The van der Waals surface area contributed by atoms with E-state index in [4.69, 9.17) is 5.11 Å². The van der Waals surface area contributed by atoms with Crippen LogP contribution in [-0.4, -0.2) is 55.5 Å². The number of aryl methyl sites for hydroxylation is 2. The van der Waals surface area contributed by atoms with Crippen molar-refractivity contribution in [1.82, 2.24) is 14.7 Å². The number of likely N-dealkylation sites (tertiary alicyclic amines) is 1. The molecule has 1 aliphatic heterocycles. The number of hydrogen-bond acceptors (Lipinski definition) is 4. The Morgan fingerprint density at radius 3 is 2.55 bits per heavy atom. The first-order valence-corrected chi connectivity index (χ1v) is 6.50. The summed E-state index contributed by atoms with van der Waals surface area (Å²) in [7, 11) is 1.80. The average molecular weight is 281 g/mol. The summed E-state index contributed by atoms with van der Waals surface area (Å²) >= 11 is 0. The van der Waals surface area contributed by atoms with Crippen LogP contribution < -0.4 is 0 Å². The van der Waals surface area contributed by atoms with Crippen molar-refractivity contribution in [3.8, 4) is 0 Å². The summed E-state index contributed by atoms with van der Waals surface area (Å²) in [6.45, 7) is 3.77. The van der Waals surface area contributed by atoms with Crippen molar-refractivity contribution >= 4 is 11.9 Å². The standard InChI is InChI=1S/C13H19N3O4/c1-7-10(8(2)15(3)14-7)5-12(18)16-6-9(17)4-11(16)13(19)20/h9,11,17H,4-6H2,1-3H3,(H,19,20)/t9-,11+/m1/s1. The molecule has 2 N–H and O–H groups in total. The maximum atomic E-state index is 12.3. The Kier molecular flexibility index (Phi) is 3.80. The number of aliphatic hydroxyl groups excluding tert-OH is 1. The van der Waals surface area contributed by atoms with Gasteiger partial charge in [-0.3, -0.25) is 9.48 Å². The summed E-state index contributed by atoms with van der Waals surface area (Å²) < 4.78 is 1.70. The van der Waals surface area contributed by atoms with Crippen molar-refractivity contribution in [2.24, 2.45) is 7.05 Å². The third-order valence-corrected chi connectivity index (χ3v) is 3.87. The minimum absolute atomic E-state index is 0.0775. The minimum atomic E-state index is -1.07. The van der Waals surface area contributed by atoms with Crippen molar-refractivity contribution in [2.75, 3.05) is 6.54 Å². The summed E-state index contributed by atoms with van der Waals surface area (Å²) in [5, 5.41) is 22.9. The van der Waals surface area contributed by atoms with Crippen molar-refractivity contribution in [1.29, 1.82) is 0 Å². The number of amides is 1. The summed E-state index contributed by atoms with van der Waals surface area (Å²) in [6.07, 6.45) is -0.565. The van der Waals surface area contributed by atoms with Crippen LogP contribution in [0.5, 0.6) is 0 Å². The van der Waals surface area contributed by atoms with Gasteiger partial charge in [-0.15, -0.1) is 0 Å². The van der Waals surface area contributed by atoms with Crippen LogP contribution in [0.3, 0.4) is 0 Å². The maximum absolute atomic E-state index is 12.3. The normalized spacial score (nSPS) is 22.3. The third-order valence-electron chi connectivity index (χ3n) is 3.87. The number of rotatable bonds is 3. The van der Waals surface area contributed by atoms with Crippen molar-refractivity contribution in [3.05, 3.63) is 17.0 Å². The van der Waals surface area contributed by atoms with Crippen molar-refractivity contribution in [2.45, 2.75) is 38.8 Å². The van der Waals surface area contributed by atoms with Gasteiger partial charge in [0, 0.05) is 31.3 Å². The van der Waals surface area contributed by atoms with Crippen LogP contribution >= 0.6 is 0 Å². The lowest BCUT2D eigenvalue weighted by Gasteiger charge is -2.21. The first kappa shape index (κ1) is 14.5. The molecule has 1 fully saturated rings. The van der Waals surface area contributed by atoms with Crippen LogP contribution in [0, 0.1) is 13.8 Å². The van der Waals surface area contributed by atoms with E-state index in [-0.39, 0.29) is 25.3 Å². The molecule has 20 heavy (non-hydrogen) atoms. The smallest absolute Gasteiger partial charge is 0.326 e. The Hall–Kier alpha value is -1.89. The van der Waals surface area contributed by atoms with Gasteiger partial charge in [0.25, 0.3) is 0 Å². The van der Waals surface area contributed by atoms with E-state index in [1.54, 1.807) is 11.7 Å². The molecule has 2 heterocycles. The fourth-order valence-electron chi connectivity index (χ4n) is 2.65. The molecule has 1 saturated heterocycles. The quantitative estimate of drug-likeness (QED) is 0.788. The Balaban J connectivity index is 2.17. The van der Waals surface area contributed by atoms with E-state index in [2.05, 4.69) is 5.10 Å². The largest absolute Gasteiger partial charge is 0.480 e. The topological polar surface area (TPSA) is 95.7 Å². The highest BCUT2D eigenvalue weighted by Gasteiger charge is 2.39. The van der Waals surface area contributed by atoms with Gasteiger partial charge in [-0.25, -0.2) is 4.79 Å². The number of carbonyl (C=O) groups is 2. The van der Waals surface area contributed by atoms with Gasteiger partial charge < -0.3 is 15.1 Å². The number of aliphatic hydroxyl groups is 1. The molecular formula is C13H19N3O4. The van der Waals surface area contributed by atoms with Crippen molar-refractivity contribution < 1.29 is 19.8 Å². The predicted molar refractivity (Wildman–Crippen MR) is 70.1 cm³/mol. The molecule has 0 spiro atoms. The van der Waals surface area contributed by atoms with Crippen LogP contribution in [0.4, 0.5) is 0 Å². The lowest BCUT2D eigenvalue weighted by atomic mass is 10.1. The van der Waals surface area contributed by atoms with E-state index in [0.29, 0.717) is 0 Å². The second-order valence-corrected chi connectivity index (χ2v) is 5.24. The second-order valence-electron chi connectivity index (χ2n) is 5.24. The van der Waals surface area contributed by atoms with Crippen molar-refractivity contribution in [3.63, 3.8) is 0 Å². The molecule has 7 heteroatoms. The third kappa shape index (κ3) is 2.53. The molecule has 1 aromatic heterocycles. The molecule has 2 atom stereocenters. The zero-order valence-corrected chi connectivity index (χ0v) is 11.8. The molecule has 1 aromatic rings. The molecular weight excluding hydrogens is 262 g/mol. The molecule has 110 valence electrons. The molecule has 1 amide bonds. The highest BCUT2D eigenvalue weighted by molar-refractivity contribution is 5.86. The highest BCUT2D eigenvalue weighted by Crippen LogP contribution is 2.21. The Bertz CT molecular complexity index is 552. The summed E-state index contributed by atoms with van der Waals surface area (Å²) in [5.74, 6) is -1.36. The number of β-amino-alcohol motifs (C(OH)–C–C–N with tert-alkyl or cyclic N) is 1. The lowest BCUT2D eigenvalue weighted by Crippen LogP contribution is -2.41. The predicted octanol–water partition coefficient (Wildman–Crippen LogP) is -0.374. The van der Waals surface area contributed by atoms with E-state index in [0.717, 1.165) is 17.0 Å². The van der Waals surface area contributed by atoms with Gasteiger partial charge in [0.15, 0.2) is 0 Å². The number of carboxylic acid groups (broad SMARTS) is 1. The highest BCUT2D eigenvalue weighted by atomic mass is 16.4. The van der Waals surface area contributed by atoms with Crippen LogP contribution in [0.1, 0.15) is 23.4 Å². The van der Waals surface area contributed by atoms with Gasteiger partial charge in [-0.1, -0.05) is 0 Å². The van der Waals surface area contributed by atoms with Gasteiger partial charge in [-0.05, 0) is 13.8 Å². The number of aromatic nitrogens is 2. The Labute approximate surface area is 116 Å². The number of nitrogens with zero attached hydrogens (tertiary/aromatic N) is 3. The molecule has 0 unspecified atom stereocenters. The van der Waals surface area contributed by atoms with Gasteiger partial charge in [0.05, 0.1) is 18.2 Å². The summed E-state index contributed by atoms with van der Waals surface area (Å²) in [5.41, 5.74) is 2.48. The second kappa shape index (κ2) is 5.24. The lowest BCUT2D eigenvalue weighted by molar-refractivity contribution is -0.148. The molecule has 2 rings (SSSR count). The van der Waals surface area contributed by atoms with Gasteiger partial charge in [0.2, 0.25) is 5.91 Å². The fourth-order valence-corrected chi connectivity index (χ4v) is 2.65. The molecule has 0 radical (unpaired) electrons. The van der Waals surface area contributed by atoms with Crippen LogP contribution in [0.25, 0.3) is 0 Å². The van der Waals surface area contributed by atoms with Crippen LogP contribution in [-0.2, 0) is 23.1 Å². The fraction of sp³-hybridized carbons (Fsp3) is 0.615. The van der Waals surface area contributed by atoms with E-state index in [1.165, 1.54) is 4.90 Å².